The number of amides is 4. The molecule has 0 aromatic rings. The fourth-order valence-electron chi connectivity index (χ4n) is 2.04. The van der Waals surface area contributed by atoms with Crippen LogP contribution in [0.1, 0.15) is 33.6 Å². The van der Waals surface area contributed by atoms with Gasteiger partial charge in [-0.2, -0.15) is 0 Å². The normalized spacial score (nSPS) is 23.3. The topological polar surface area (TPSA) is 130 Å². The highest BCUT2D eigenvalue weighted by Crippen LogP contribution is 2.17. The predicted octanol–water partition coefficient (Wildman–Crippen LogP) is -1.12. The van der Waals surface area contributed by atoms with Gasteiger partial charge in [0.1, 0.15) is 18.1 Å². The molecule has 130 valence electrons. The first-order chi connectivity index (χ1) is 10.8. The van der Waals surface area contributed by atoms with Gasteiger partial charge in [0.25, 0.3) is 0 Å². The van der Waals surface area contributed by atoms with Crippen molar-refractivity contribution in [3.8, 4) is 0 Å². The number of hydrogen-bond acceptors (Lipinski definition) is 5. The van der Waals surface area contributed by atoms with Crippen molar-refractivity contribution in [2.24, 2.45) is 5.73 Å². The lowest BCUT2D eigenvalue weighted by Crippen LogP contribution is -2.58. The molecule has 0 saturated carbocycles. The van der Waals surface area contributed by atoms with Gasteiger partial charge in [0, 0.05) is 5.75 Å². The van der Waals surface area contributed by atoms with Crippen LogP contribution in [0.3, 0.4) is 0 Å². The highest BCUT2D eigenvalue weighted by molar-refractivity contribution is 8.00. The van der Waals surface area contributed by atoms with Crippen molar-refractivity contribution in [3.05, 3.63) is 0 Å². The first-order valence-electron chi connectivity index (χ1n) is 7.58. The van der Waals surface area contributed by atoms with Crippen molar-refractivity contribution in [1.82, 2.24) is 16.0 Å². The zero-order chi connectivity index (χ0) is 17.6. The number of primary amides is 1. The van der Waals surface area contributed by atoms with E-state index in [1.165, 1.54) is 18.7 Å². The third-order valence-corrected chi connectivity index (χ3v) is 4.74. The van der Waals surface area contributed by atoms with E-state index in [1.54, 1.807) is 6.92 Å². The third-order valence-electron chi connectivity index (χ3n) is 3.50. The number of rotatable bonds is 7. The summed E-state index contributed by atoms with van der Waals surface area (Å²) in [5.74, 6) is -1.27. The van der Waals surface area contributed by atoms with Crippen LogP contribution in [0.4, 0.5) is 0 Å². The smallest absolute Gasteiger partial charge is 0.244 e. The summed E-state index contributed by atoms with van der Waals surface area (Å²) in [7, 11) is 0. The molecule has 0 aromatic heterocycles. The molecule has 1 rings (SSSR count). The first kappa shape index (κ1) is 19.3. The van der Waals surface area contributed by atoms with Gasteiger partial charge in [0.05, 0.1) is 5.25 Å². The van der Waals surface area contributed by atoms with Crippen LogP contribution in [0.5, 0.6) is 0 Å². The van der Waals surface area contributed by atoms with Crippen molar-refractivity contribution in [2.75, 3.05) is 5.75 Å². The zero-order valence-corrected chi connectivity index (χ0v) is 14.4. The SMILES string of the molecule is CCCC(NC(=O)C(C)NC(=O)C1CSC(C)C(=O)N1)C(N)=O. The molecule has 23 heavy (non-hydrogen) atoms. The van der Waals surface area contributed by atoms with Gasteiger partial charge in [0.2, 0.25) is 23.6 Å². The Morgan fingerprint density at radius 1 is 1.39 bits per heavy atom. The lowest BCUT2D eigenvalue weighted by atomic mass is 10.1. The van der Waals surface area contributed by atoms with E-state index >= 15 is 0 Å². The Morgan fingerprint density at radius 2 is 2.04 bits per heavy atom. The molecule has 4 unspecified atom stereocenters. The van der Waals surface area contributed by atoms with Gasteiger partial charge in [0.15, 0.2) is 0 Å². The molecule has 9 heteroatoms. The minimum Gasteiger partial charge on any atom is -0.368 e. The summed E-state index contributed by atoms with van der Waals surface area (Å²) >= 11 is 1.38. The van der Waals surface area contributed by atoms with Crippen LogP contribution in [0.25, 0.3) is 0 Å². The van der Waals surface area contributed by atoms with Gasteiger partial charge in [-0.15, -0.1) is 11.8 Å². The Morgan fingerprint density at radius 3 is 2.57 bits per heavy atom. The fraction of sp³-hybridized carbons (Fsp3) is 0.714. The zero-order valence-electron chi connectivity index (χ0n) is 13.5. The van der Waals surface area contributed by atoms with Crippen molar-refractivity contribution in [2.45, 2.75) is 57.0 Å². The maximum absolute atomic E-state index is 12.1. The Kier molecular flexibility index (Phi) is 7.34. The van der Waals surface area contributed by atoms with Crippen LogP contribution in [0, 0.1) is 0 Å². The van der Waals surface area contributed by atoms with E-state index in [0.29, 0.717) is 18.6 Å². The summed E-state index contributed by atoms with van der Waals surface area (Å²) in [6.45, 7) is 5.15. The summed E-state index contributed by atoms with van der Waals surface area (Å²) in [6.07, 6.45) is 1.13. The molecule has 1 aliphatic rings. The number of nitrogens with one attached hydrogen (secondary N) is 3. The molecule has 4 amide bonds. The van der Waals surface area contributed by atoms with Crippen LogP contribution in [-0.2, 0) is 19.2 Å². The summed E-state index contributed by atoms with van der Waals surface area (Å²) in [4.78, 5) is 47.0. The third kappa shape index (κ3) is 5.74. The molecule has 0 radical (unpaired) electrons. The van der Waals surface area contributed by atoms with Crippen molar-refractivity contribution in [3.63, 3.8) is 0 Å². The van der Waals surface area contributed by atoms with E-state index in [1.807, 2.05) is 6.92 Å². The molecule has 5 N–H and O–H groups in total. The molecule has 0 spiro atoms. The highest BCUT2D eigenvalue weighted by atomic mass is 32.2. The molecule has 0 aromatic carbocycles. The number of thioether (sulfide) groups is 1. The van der Waals surface area contributed by atoms with Crippen LogP contribution >= 0.6 is 11.8 Å². The Hall–Kier alpha value is -1.77. The van der Waals surface area contributed by atoms with Crippen LogP contribution < -0.4 is 21.7 Å². The summed E-state index contributed by atoms with van der Waals surface area (Å²) in [5, 5.41) is 7.48. The van der Waals surface area contributed by atoms with Gasteiger partial charge in [-0.25, -0.2) is 0 Å². The average Bonchev–Trinajstić information content (AvgIpc) is 2.49. The number of carbonyl (C=O) groups excluding carboxylic acids is 4. The van der Waals surface area contributed by atoms with Crippen LogP contribution in [0.2, 0.25) is 0 Å². The van der Waals surface area contributed by atoms with Crippen LogP contribution in [-0.4, -0.2) is 52.8 Å². The van der Waals surface area contributed by atoms with E-state index < -0.39 is 35.8 Å². The number of nitrogens with two attached hydrogens (primary N) is 1. The molecule has 0 aliphatic carbocycles. The van der Waals surface area contributed by atoms with Gasteiger partial charge in [-0.05, 0) is 20.3 Å². The second-order valence-electron chi connectivity index (χ2n) is 5.52. The van der Waals surface area contributed by atoms with E-state index in [-0.39, 0.29) is 11.2 Å². The van der Waals surface area contributed by atoms with E-state index in [9.17, 15) is 19.2 Å². The van der Waals surface area contributed by atoms with Gasteiger partial charge in [-0.3, -0.25) is 19.2 Å². The minimum atomic E-state index is -0.831. The Balaban J connectivity index is 2.52. The molecular formula is C14H24N4O4S. The lowest BCUT2D eigenvalue weighted by Gasteiger charge is -2.27. The van der Waals surface area contributed by atoms with Gasteiger partial charge < -0.3 is 21.7 Å². The Bertz CT molecular complexity index is 485. The second kappa shape index (κ2) is 8.76. The number of hydrogen-bond donors (Lipinski definition) is 4. The summed E-state index contributed by atoms with van der Waals surface area (Å²) < 4.78 is 0. The second-order valence-corrected chi connectivity index (χ2v) is 6.89. The van der Waals surface area contributed by atoms with E-state index in [2.05, 4.69) is 16.0 Å². The van der Waals surface area contributed by atoms with Crippen molar-refractivity contribution < 1.29 is 19.2 Å². The molecule has 1 heterocycles. The summed E-state index contributed by atoms with van der Waals surface area (Å²) in [6, 6.07) is -2.25. The molecule has 4 atom stereocenters. The maximum Gasteiger partial charge on any atom is 0.244 e. The maximum atomic E-state index is 12.1. The lowest BCUT2D eigenvalue weighted by molar-refractivity contribution is -0.132. The first-order valence-corrected chi connectivity index (χ1v) is 8.63. The minimum absolute atomic E-state index is 0.190. The molecule has 0 bridgehead atoms. The standard InChI is InChI=1S/C14H24N4O4S/c1-4-5-9(11(15)19)17-12(20)7(2)16-14(22)10-6-23-8(3)13(21)18-10/h7-10H,4-6H2,1-3H3,(H2,15,19)(H,16,22)(H,17,20)(H,18,21). The molecule has 1 fully saturated rings. The predicted molar refractivity (Wildman–Crippen MR) is 87.5 cm³/mol. The summed E-state index contributed by atoms with van der Waals surface area (Å²) in [5.41, 5.74) is 5.23. The largest absolute Gasteiger partial charge is 0.368 e. The molecular weight excluding hydrogens is 320 g/mol. The van der Waals surface area contributed by atoms with Gasteiger partial charge >= 0.3 is 0 Å². The monoisotopic (exact) mass is 344 g/mol. The van der Waals surface area contributed by atoms with Crippen molar-refractivity contribution >= 4 is 35.4 Å². The fourth-order valence-corrected chi connectivity index (χ4v) is 2.97. The Labute approximate surface area is 139 Å². The molecule has 1 saturated heterocycles. The highest BCUT2D eigenvalue weighted by Gasteiger charge is 2.31. The van der Waals surface area contributed by atoms with E-state index in [0.717, 1.165) is 0 Å². The number of carbonyl (C=O) groups is 4. The molecule has 1 aliphatic heterocycles. The average molecular weight is 344 g/mol. The quantitative estimate of drug-likeness (QED) is 0.465. The van der Waals surface area contributed by atoms with Crippen LogP contribution in [0.15, 0.2) is 0 Å². The van der Waals surface area contributed by atoms with Gasteiger partial charge in [-0.1, -0.05) is 13.3 Å². The molecule has 8 nitrogen and oxygen atoms in total. The van der Waals surface area contributed by atoms with E-state index in [4.69, 9.17) is 5.73 Å². The van der Waals surface area contributed by atoms with Crippen molar-refractivity contribution in [1.29, 1.82) is 0 Å².